The molecule has 0 amide bonds. The van der Waals surface area contributed by atoms with Gasteiger partial charge in [0.15, 0.2) is 0 Å². The van der Waals surface area contributed by atoms with E-state index >= 15 is 0 Å². The second-order valence-electron chi connectivity index (χ2n) is 11.2. The van der Waals surface area contributed by atoms with Crippen molar-refractivity contribution in [2.45, 2.75) is 38.5 Å². The van der Waals surface area contributed by atoms with Crippen LogP contribution >= 0.6 is 0 Å². The Morgan fingerprint density at radius 3 is 0.860 bits per heavy atom. The summed E-state index contributed by atoms with van der Waals surface area (Å²) < 4.78 is 0. The first-order chi connectivity index (χ1) is 20.5. The molecule has 1 aliphatic rings. The van der Waals surface area contributed by atoms with Crippen LogP contribution in [0.4, 0.5) is 0 Å². The normalized spacial score (nSPS) is 17.2. The van der Waals surface area contributed by atoms with Gasteiger partial charge in [0, 0.05) is 17.8 Å². The number of nitrogens with zero attached hydrogens (tertiary/aromatic N) is 3. The molecule has 210 valence electrons. The molecular formula is C39H30IrN3. The Morgan fingerprint density at radius 1 is 0.395 bits per heavy atom. The van der Waals surface area contributed by atoms with E-state index in [1.807, 2.05) is 18.2 Å². The van der Waals surface area contributed by atoms with Crippen LogP contribution in [-0.4, -0.2) is 15.0 Å². The zero-order valence-electron chi connectivity index (χ0n) is 24.3. The van der Waals surface area contributed by atoms with Crippen LogP contribution in [0.3, 0.4) is 0 Å². The maximum atomic E-state index is 5.33. The molecule has 1 aliphatic heterocycles. The largest absolute Gasteiger partial charge is 3.00 e. The van der Waals surface area contributed by atoms with Crippen molar-refractivity contribution in [2.75, 3.05) is 0 Å². The quantitative estimate of drug-likeness (QED) is 0.173. The van der Waals surface area contributed by atoms with Crippen molar-refractivity contribution >= 4 is 0 Å². The average molecular weight is 733 g/mol. The van der Waals surface area contributed by atoms with Crippen molar-refractivity contribution in [2.24, 2.45) is 0 Å². The standard InChI is InChI=1S/C39H30N3.Ir/c1-25-13-19-28(20-14-25)37-31-7-4-9-33(40-31)38(29-21-15-26(2)16-22-29)35-11-6-12-36(42-35)39(30-23-17-27(3)18-24-30)34-10-5-8-32(37)41-34;/h4-19,21,23,37-39H,1-3H3;/q-3;+3. The van der Waals surface area contributed by atoms with Gasteiger partial charge in [0.1, 0.15) is 0 Å². The van der Waals surface area contributed by atoms with Crippen LogP contribution in [0.2, 0.25) is 0 Å². The van der Waals surface area contributed by atoms with Gasteiger partial charge < -0.3 is 0 Å². The number of fused-ring (bicyclic) bond motifs is 6. The van der Waals surface area contributed by atoms with E-state index in [9.17, 15) is 0 Å². The number of aryl methyl sites for hydroxylation is 3. The molecule has 0 radical (unpaired) electrons. The first-order valence-corrected chi connectivity index (χ1v) is 14.4. The first-order valence-electron chi connectivity index (χ1n) is 14.4. The summed E-state index contributed by atoms with van der Waals surface area (Å²) in [6.07, 6.45) is 0. The Balaban J connectivity index is 0.00000329. The minimum absolute atomic E-state index is 0. The van der Waals surface area contributed by atoms with E-state index in [-0.39, 0.29) is 37.9 Å². The molecule has 0 aliphatic carbocycles. The van der Waals surface area contributed by atoms with E-state index in [1.165, 1.54) is 16.7 Å². The summed E-state index contributed by atoms with van der Waals surface area (Å²) in [6.45, 7) is 6.27. The van der Waals surface area contributed by atoms with Gasteiger partial charge in [-0.3, -0.25) is 15.0 Å². The first kappa shape index (κ1) is 28.9. The van der Waals surface area contributed by atoms with Crippen molar-refractivity contribution in [3.8, 4) is 0 Å². The Kier molecular flexibility index (Phi) is 8.17. The maximum Gasteiger partial charge on any atom is 3.00 e. The van der Waals surface area contributed by atoms with Gasteiger partial charge in [0.05, 0.1) is 34.2 Å². The van der Waals surface area contributed by atoms with Crippen molar-refractivity contribution < 1.29 is 20.1 Å². The summed E-state index contributed by atoms with van der Waals surface area (Å²) in [7, 11) is 0. The van der Waals surface area contributed by atoms with Gasteiger partial charge in [0.25, 0.3) is 0 Å². The Hall–Kier alpha value is -4.24. The monoisotopic (exact) mass is 733 g/mol. The summed E-state index contributed by atoms with van der Waals surface area (Å²) in [5, 5.41) is 0. The van der Waals surface area contributed by atoms with Gasteiger partial charge in [-0.15, -0.1) is 16.7 Å². The Labute approximate surface area is 267 Å². The van der Waals surface area contributed by atoms with Crippen LogP contribution in [0.1, 0.15) is 85.3 Å². The molecule has 6 aromatic rings. The minimum Gasteiger partial charge on any atom is -0.256 e. The Morgan fingerprint density at radius 2 is 0.651 bits per heavy atom. The summed E-state index contributed by atoms with van der Waals surface area (Å²) in [4.78, 5) is 16.0. The molecule has 4 heteroatoms. The van der Waals surface area contributed by atoms with Crippen LogP contribution in [0.5, 0.6) is 0 Å². The van der Waals surface area contributed by atoms with Crippen molar-refractivity contribution in [3.05, 3.63) is 195 Å². The number of hydrogen-bond acceptors (Lipinski definition) is 3. The third-order valence-electron chi connectivity index (χ3n) is 8.06. The molecule has 7 rings (SSSR count). The van der Waals surface area contributed by atoms with Gasteiger partial charge in [-0.05, 0) is 36.4 Å². The molecule has 6 bridgehead atoms. The number of rotatable bonds is 3. The zero-order chi connectivity index (χ0) is 28.6. The predicted molar refractivity (Wildman–Crippen MR) is 166 cm³/mol. The van der Waals surface area contributed by atoms with Crippen LogP contribution in [0, 0.1) is 39.0 Å². The third kappa shape index (κ3) is 5.73. The average Bonchev–Trinajstić information content (AvgIpc) is 3.01. The zero-order valence-corrected chi connectivity index (χ0v) is 26.7. The summed E-state index contributed by atoms with van der Waals surface area (Å²) in [5.74, 6) is -0.537. The van der Waals surface area contributed by atoms with Crippen LogP contribution in [0.15, 0.2) is 109 Å². The Bertz CT molecular complexity index is 1580. The minimum atomic E-state index is -0.179. The third-order valence-corrected chi connectivity index (χ3v) is 8.06. The molecule has 0 atom stereocenters. The fourth-order valence-corrected chi connectivity index (χ4v) is 5.86. The van der Waals surface area contributed by atoms with Crippen LogP contribution in [0.25, 0.3) is 0 Å². The molecular weight excluding hydrogens is 703 g/mol. The van der Waals surface area contributed by atoms with Crippen LogP contribution in [-0.2, 0) is 20.1 Å². The van der Waals surface area contributed by atoms with Gasteiger partial charge in [0.2, 0.25) is 0 Å². The summed E-state index contributed by atoms with van der Waals surface area (Å²) in [5.41, 5.74) is 12.2. The fourth-order valence-electron chi connectivity index (χ4n) is 5.86. The second-order valence-corrected chi connectivity index (χ2v) is 11.2. The molecule has 0 unspecified atom stereocenters. The molecule has 0 saturated heterocycles. The van der Waals surface area contributed by atoms with Crippen molar-refractivity contribution in [1.29, 1.82) is 0 Å². The molecule has 4 heterocycles. The number of benzene rings is 3. The molecule has 43 heavy (non-hydrogen) atoms. The second kappa shape index (κ2) is 12.2. The fraction of sp³-hybridized carbons (Fsp3) is 0.154. The van der Waals surface area contributed by atoms with Crippen molar-refractivity contribution in [1.82, 2.24) is 15.0 Å². The van der Waals surface area contributed by atoms with E-state index in [1.54, 1.807) is 0 Å². The molecule has 0 N–H and O–H groups in total. The van der Waals surface area contributed by atoms with Crippen LogP contribution < -0.4 is 0 Å². The summed E-state index contributed by atoms with van der Waals surface area (Å²) in [6, 6.07) is 48.5. The number of pyridine rings is 3. The maximum absolute atomic E-state index is 5.33. The van der Waals surface area contributed by atoms with Gasteiger partial charge in [-0.1, -0.05) is 39.0 Å². The summed E-state index contributed by atoms with van der Waals surface area (Å²) >= 11 is 0. The molecule has 0 saturated carbocycles. The predicted octanol–water partition coefficient (Wildman–Crippen LogP) is 8.05. The van der Waals surface area contributed by atoms with E-state index in [4.69, 9.17) is 15.0 Å². The molecule has 3 aromatic heterocycles. The van der Waals surface area contributed by atoms with E-state index in [2.05, 4.69) is 130 Å². The molecule has 0 fully saturated rings. The van der Waals surface area contributed by atoms with Gasteiger partial charge >= 0.3 is 20.1 Å². The number of aromatic nitrogens is 3. The SMILES string of the molecule is Cc1c[c-]c(C2c3cccc(n3)C(c3[c-]cc(C)cc3)c3cccc(n3)C(c3[c-]cc(C)cc3)c3cccc2n3)cc1.[Ir+3]. The molecule has 0 spiro atoms. The van der Waals surface area contributed by atoms with Gasteiger partial charge in [-0.2, -0.15) is 89.5 Å². The molecule has 3 nitrogen and oxygen atoms in total. The number of hydrogen-bond donors (Lipinski definition) is 0. The van der Waals surface area contributed by atoms with Gasteiger partial charge in [-0.25, -0.2) is 0 Å². The topological polar surface area (TPSA) is 38.7 Å². The smallest absolute Gasteiger partial charge is 0.256 e. The van der Waals surface area contributed by atoms with Crippen molar-refractivity contribution in [3.63, 3.8) is 0 Å². The van der Waals surface area contributed by atoms with E-state index in [0.717, 1.165) is 50.9 Å². The van der Waals surface area contributed by atoms with E-state index < -0.39 is 0 Å². The molecule has 3 aromatic carbocycles. The van der Waals surface area contributed by atoms with E-state index in [0.29, 0.717) is 0 Å².